The molecule has 0 unspecified atom stereocenters. The molecular weight excluding hydrogens is 258 g/mol. The summed E-state index contributed by atoms with van der Waals surface area (Å²) in [5.41, 5.74) is 1.87. The third-order valence-corrected chi connectivity index (χ3v) is 2.99. The molecule has 0 fully saturated rings. The fraction of sp³-hybridized carbons (Fsp3) is 0. The summed E-state index contributed by atoms with van der Waals surface area (Å²) in [6, 6.07) is 27.5. The molecule has 0 aromatic heterocycles. The first-order valence-corrected chi connectivity index (χ1v) is 6.83. The van der Waals surface area contributed by atoms with Crippen molar-refractivity contribution in [2.45, 2.75) is 0 Å². The van der Waals surface area contributed by atoms with Crippen LogP contribution in [0.1, 0.15) is 5.56 Å². The van der Waals surface area contributed by atoms with Crippen LogP contribution in [0.2, 0.25) is 0 Å². The van der Waals surface area contributed by atoms with Crippen LogP contribution in [0.15, 0.2) is 89.9 Å². The Bertz CT molecular complexity index is 721. The van der Waals surface area contributed by atoms with Gasteiger partial charge in [-0.25, -0.2) is 0 Å². The summed E-state index contributed by atoms with van der Waals surface area (Å²) in [5, 5.41) is 0. The summed E-state index contributed by atoms with van der Waals surface area (Å²) in [4.78, 5) is 4.52. The molecule has 2 nitrogen and oxygen atoms in total. The molecule has 3 aromatic carbocycles. The summed E-state index contributed by atoms with van der Waals surface area (Å²) in [5.74, 6) is 1.55. The number of hydrogen-bond acceptors (Lipinski definition) is 2. The Labute approximate surface area is 124 Å². The van der Waals surface area contributed by atoms with E-state index in [1.807, 2.05) is 91.1 Å². The number of nitrogens with zero attached hydrogens (tertiary/aromatic N) is 1. The van der Waals surface area contributed by atoms with Crippen LogP contribution < -0.4 is 4.74 Å². The largest absolute Gasteiger partial charge is 0.455 e. The second-order valence-electron chi connectivity index (χ2n) is 4.55. The highest BCUT2D eigenvalue weighted by atomic mass is 16.5. The highest BCUT2D eigenvalue weighted by molar-refractivity contribution is 5.82. The Morgan fingerprint density at radius 1 is 0.667 bits per heavy atom. The van der Waals surface area contributed by atoms with E-state index in [0.29, 0.717) is 0 Å². The van der Waals surface area contributed by atoms with Gasteiger partial charge >= 0.3 is 0 Å². The number of hydrogen-bond donors (Lipinski definition) is 0. The fourth-order valence-corrected chi connectivity index (χ4v) is 1.95. The third-order valence-electron chi connectivity index (χ3n) is 2.99. The lowest BCUT2D eigenvalue weighted by atomic mass is 10.2. The van der Waals surface area contributed by atoms with E-state index in [9.17, 15) is 0 Å². The maximum absolute atomic E-state index is 5.88. The molecule has 0 N–H and O–H groups in total. The van der Waals surface area contributed by atoms with Gasteiger partial charge in [0.1, 0.15) is 11.4 Å². The van der Waals surface area contributed by atoms with Gasteiger partial charge in [0.05, 0.1) is 0 Å². The molecule has 21 heavy (non-hydrogen) atoms. The number of rotatable bonds is 4. The average molecular weight is 273 g/mol. The first-order chi connectivity index (χ1) is 10.4. The molecule has 0 aliphatic carbocycles. The second-order valence-corrected chi connectivity index (χ2v) is 4.55. The number of para-hydroxylation sites is 3. The van der Waals surface area contributed by atoms with Crippen LogP contribution >= 0.6 is 0 Å². The van der Waals surface area contributed by atoms with E-state index in [1.165, 1.54) is 0 Å². The van der Waals surface area contributed by atoms with E-state index < -0.39 is 0 Å². The molecule has 3 rings (SSSR count). The Balaban J connectivity index is 1.84. The predicted octanol–water partition coefficient (Wildman–Crippen LogP) is 5.23. The minimum atomic E-state index is 0.746. The summed E-state index contributed by atoms with van der Waals surface area (Å²) < 4.78 is 5.88. The van der Waals surface area contributed by atoms with E-state index in [2.05, 4.69) is 4.99 Å². The van der Waals surface area contributed by atoms with E-state index in [4.69, 9.17) is 4.74 Å². The Morgan fingerprint density at radius 3 is 2.05 bits per heavy atom. The SMILES string of the molecule is C(=Nc1ccccc1Oc1ccccc1)c1ccccc1. The highest BCUT2D eigenvalue weighted by Crippen LogP contribution is 2.31. The lowest BCUT2D eigenvalue weighted by molar-refractivity contribution is 0.484. The van der Waals surface area contributed by atoms with Crippen LogP contribution in [0.4, 0.5) is 5.69 Å². The molecular formula is C19H15NO. The highest BCUT2D eigenvalue weighted by Gasteiger charge is 2.02. The first-order valence-electron chi connectivity index (χ1n) is 6.83. The van der Waals surface area contributed by atoms with Gasteiger partial charge in [0.25, 0.3) is 0 Å². The molecule has 0 heterocycles. The van der Waals surface area contributed by atoms with Gasteiger partial charge in [-0.2, -0.15) is 0 Å². The van der Waals surface area contributed by atoms with E-state index in [1.54, 1.807) is 0 Å². The van der Waals surface area contributed by atoms with Crippen molar-refractivity contribution in [3.8, 4) is 11.5 Å². The number of ether oxygens (including phenoxy) is 1. The van der Waals surface area contributed by atoms with Crippen molar-refractivity contribution < 1.29 is 4.74 Å². The fourth-order valence-electron chi connectivity index (χ4n) is 1.95. The Morgan fingerprint density at radius 2 is 1.29 bits per heavy atom. The average Bonchev–Trinajstić information content (AvgIpc) is 2.56. The Hall–Kier alpha value is -2.87. The minimum Gasteiger partial charge on any atom is -0.455 e. The van der Waals surface area contributed by atoms with Crippen molar-refractivity contribution in [1.82, 2.24) is 0 Å². The number of aliphatic imine (C=N–C) groups is 1. The summed E-state index contributed by atoms with van der Waals surface area (Å²) in [7, 11) is 0. The lowest BCUT2D eigenvalue weighted by Gasteiger charge is -2.07. The van der Waals surface area contributed by atoms with Gasteiger partial charge in [0.2, 0.25) is 0 Å². The maximum Gasteiger partial charge on any atom is 0.153 e. The number of benzene rings is 3. The van der Waals surface area contributed by atoms with Crippen molar-refractivity contribution in [3.63, 3.8) is 0 Å². The molecule has 3 aromatic rings. The van der Waals surface area contributed by atoms with Crippen LogP contribution in [-0.4, -0.2) is 6.21 Å². The van der Waals surface area contributed by atoms with Crippen molar-refractivity contribution in [1.29, 1.82) is 0 Å². The van der Waals surface area contributed by atoms with Gasteiger partial charge < -0.3 is 4.74 Å². The molecule has 2 heteroatoms. The monoisotopic (exact) mass is 273 g/mol. The smallest absolute Gasteiger partial charge is 0.153 e. The van der Waals surface area contributed by atoms with Crippen LogP contribution in [-0.2, 0) is 0 Å². The van der Waals surface area contributed by atoms with Gasteiger partial charge in [0, 0.05) is 6.21 Å². The topological polar surface area (TPSA) is 21.6 Å². The molecule has 0 saturated heterocycles. The van der Waals surface area contributed by atoms with Crippen LogP contribution in [0, 0.1) is 0 Å². The van der Waals surface area contributed by atoms with E-state index >= 15 is 0 Å². The zero-order valence-electron chi connectivity index (χ0n) is 11.5. The normalized spacial score (nSPS) is 10.7. The van der Waals surface area contributed by atoms with Crippen molar-refractivity contribution in [2.75, 3.05) is 0 Å². The maximum atomic E-state index is 5.88. The van der Waals surface area contributed by atoms with Crippen LogP contribution in [0.3, 0.4) is 0 Å². The van der Waals surface area contributed by atoms with E-state index in [0.717, 1.165) is 22.7 Å². The van der Waals surface area contributed by atoms with Crippen molar-refractivity contribution >= 4 is 11.9 Å². The minimum absolute atomic E-state index is 0.746. The Kier molecular flexibility index (Phi) is 4.08. The van der Waals surface area contributed by atoms with Crippen LogP contribution in [0.5, 0.6) is 11.5 Å². The molecule has 102 valence electrons. The second kappa shape index (κ2) is 6.53. The molecule has 0 aliphatic heterocycles. The van der Waals surface area contributed by atoms with E-state index in [-0.39, 0.29) is 0 Å². The molecule has 0 radical (unpaired) electrons. The molecule has 0 amide bonds. The van der Waals surface area contributed by atoms with Crippen molar-refractivity contribution in [3.05, 3.63) is 90.5 Å². The zero-order valence-corrected chi connectivity index (χ0v) is 11.5. The summed E-state index contributed by atoms with van der Waals surface area (Å²) in [6.45, 7) is 0. The van der Waals surface area contributed by atoms with Crippen molar-refractivity contribution in [2.24, 2.45) is 4.99 Å². The van der Waals surface area contributed by atoms with Gasteiger partial charge in [0.15, 0.2) is 5.75 Å². The molecule has 0 aliphatic rings. The van der Waals surface area contributed by atoms with Gasteiger partial charge in [-0.15, -0.1) is 0 Å². The zero-order chi connectivity index (χ0) is 14.3. The summed E-state index contributed by atoms with van der Waals surface area (Å²) >= 11 is 0. The van der Waals surface area contributed by atoms with Gasteiger partial charge in [-0.3, -0.25) is 4.99 Å². The summed E-state index contributed by atoms with van der Waals surface area (Å²) in [6.07, 6.45) is 1.84. The molecule has 0 bridgehead atoms. The van der Waals surface area contributed by atoms with Gasteiger partial charge in [-0.05, 0) is 29.8 Å². The molecule has 0 atom stereocenters. The predicted molar refractivity (Wildman–Crippen MR) is 86.7 cm³/mol. The lowest BCUT2D eigenvalue weighted by Crippen LogP contribution is -1.85. The van der Waals surface area contributed by atoms with Crippen LogP contribution in [0.25, 0.3) is 0 Å². The van der Waals surface area contributed by atoms with Gasteiger partial charge in [-0.1, -0.05) is 60.7 Å². The third kappa shape index (κ3) is 3.57. The quantitative estimate of drug-likeness (QED) is 0.596. The molecule has 0 spiro atoms. The first kappa shape index (κ1) is 13.1. The molecule has 0 saturated carbocycles. The standard InChI is InChI=1S/C19H15NO/c1-3-9-16(10-4-1)15-20-18-13-7-8-14-19(18)21-17-11-5-2-6-12-17/h1-15H.